The number of nitrogens with zero attached hydrogens (tertiary/aromatic N) is 7. The van der Waals surface area contributed by atoms with Crippen LogP contribution in [0.3, 0.4) is 0 Å². The molecule has 0 saturated heterocycles. The molecule has 3 aromatic heterocycles. The Balaban J connectivity index is 1.50. The molecule has 1 amide bonds. The lowest BCUT2D eigenvalue weighted by atomic mass is 9.81. The van der Waals surface area contributed by atoms with Crippen molar-refractivity contribution in [2.75, 3.05) is 31.8 Å². The molecule has 3 N–H and O–H groups in total. The first-order valence-electron chi connectivity index (χ1n) is 11.5. The number of pyridine rings is 1. The van der Waals surface area contributed by atoms with Gasteiger partial charge in [0.05, 0.1) is 29.9 Å². The lowest BCUT2D eigenvalue weighted by molar-refractivity contribution is 0.0962. The van der Waals surface area contributed by atoms with Crippen LogP contribution in [0.4, 0.5) is 11.4 Å². The molecule has 1 aliphatic carbocycles. The maximum Gasteiger partial charge on any atom is 0.252 e. The normalized spacial score (nSPS) is 17.5. The van der Waals surface area contributed by atoms with Gasteiger partial charge in [0, 0.05) is 43.4 Å². The number of tetrazole rings is 1. The average molecular weight is 477 g/mol. The standard InChI is InChI=1S/C24H28N8O3/c1-15-3-4-17(24-27-29-32(28-24)19-9-16(10-19)14-33)11-21(15)30(7-8-35-2)18-5-6-31-22(12-18)20(13-26-31)23(25)34/h3-6,11-13,16,19,33H,7-10,14H2,1-2H3,(H2,25,34). The van der Waals surface area contributed by atoms with Crippen LogP contribution in [0.2, 0.25) is 0 Å². The summed E-state index contributed by atoms with van der Waals surface area (Å²) in [7, 11) is 1.66. The van der Waals surface area contributed by atoms with Gasteiger partial charge in [0.25, 0.3) is 5.91 Å². The van der Waals surface area contributed by atoms with Crippen molar-refractivity contribution in [3.63, 3.8) is 0 Å². The molecule has 3 heterocycles. The van der Waals surface area contributed by atoms with Crippen molar-refractivity contribution < 1.29 is 14.6 Å². The highest BCUT2D eigenvalue weighted by molar-refractivity contribution is 6.00. The number of methoxy groups -OCH3 is 1. The molecule has 0 atom stereocenters. The summed E-state index contributed by atoms with van der Waals surface area (Å²) in [6.45, 7) is 3.32. The Kier molecular flexibility index (Phi) is 6.18. The first kappa shape index (κ1) is 22.9. The Labute approximate surface area is 202 Å². The largest absolute Gasteiger partial charge is 0.396 e. The zero-order valence-corrected chi connectivity index (χ0v) is 19.7. The Morgan fingerprint density at radius 3 is 2.86 bits per heavy atom. The summed E-state index contributed by atoms with van der Waals surface area (Å²) in [5.41, 5.74) is 10.3. The Morgan fingerprint density at radius 2 is 2.11 bits per heavy atom. The van der Waals surface area contributed by atoms with Gasteiger partial charge in [-0.2, -0.15) is 9.90 Å². The number of aliphatic hydroxyl groups excluding tert-OH is 1. The number of hydrogen-bond donors (Lipinski definition) is 2. The first-order chi connectivity index (χ1) is 17.0. The van der Waals surface area contributed by atoms with Crippen molar-refractivity contribution in [3.05, 3.63) is 53.9 Å². The molecule has 0 spiro atoms. The number of amides is 1. The fourth-order valence-corrected chi connectivity index (χ4v) is 4.47. The second-order valence-electron chi connectivity index (χ2n) is 8.89. The van der Waals surface area contributed by atoms with Crippen molar-refractivity contribution in [1.82, 2.24) is 29.8 Å². The van der Waals surface area contributed by atoms with E-state index in [1.807, 2.05) is 43.5 Å². The molecule has 182 valence electrons. The van der Waals surface area contributed by atoms with E-state index in [2.05, 4.69) is 25.4 Å². The van der Waals surface area contributed by atoms with Gasteiger partial charge in [-0.3, -0.25) is 4.79 Å². The molecule has 1 fully saturated rings. The monoisotopic (exact) mass is 476 g/mol. The number of aromatic nitrogens is 6. The van der Waals surface area contributed by atoms with Gasteiger partial charge in [0.2, 0.25) is 5.82 Å². The molecule has 1 aromatic carbocycles. The fourth-order valence-electron chi connectivity index (χ4n) is 4.47. The summed E-state index contributed by atoms with van der Waals surface area (Å²) in [5.74, 6) is 0.343. The smallest absolute Gasteiger partial charge is 0.252 e. The molecular formula is C24H28N8O3. The molecule has 11 heteroatoms. The molecule has 0 radical (unpaired) electrons. The number of rotatable bonds is 9. The van der Waals surface area contributed by atoms with E-state index >= 15 is 0 Å². The summed E-state index contributed by atoms with van der Waals surface area (Å²) in [4.78, 5) is 15.6. The van der Waals surface area contributed by atoms with E-state index in [1.54, 1.807) is 16.4 Å². The van der Waals surface area contributed by atoms with E-state index in [4.69, 9.17) is 10.5 Å². The van der Waals surface area contributed by atoms with Gasteiger partial charge < -0.3 is 20.5 Å². The number of anilines is 2. The summed E-state index contributed by atoms with van der Waals surface area (Å²) in [6, 6.07) is 10.1. The number of carbonyl (C=O) groups is 1. The van der Waals surface area contributed by atoms with Crippen LogP contribution >= 0.6 is 0 Å². The van der Waals surface area contributed by atoms with Crippen LogP contribution in [0, 0.1) is 12.8 Å². The predicted molar refractivity (Wildman–Crippen MR) is 129 cm³/mol. The van der Waals surface area contributed by atoms with Gasteiger partial charge in [0.1, 0.15) is 0 Å². The molecular weight excluding hydrogens is 448 g/mol. The molecule has 11 nitrogen and oxygen atoms in total. The molecule has 0 bridgehead atoms. The van der Waals surface area contributed by atoms with Crippen LogP contribution in [-0.4, -0.2) is 67.7 Å². The third kappa shape index (κ3) is 4.35. The van der Waals surface area contributed by atoms with E-state index < -0.39 is 5.91 Å². The second kappa shape index (κ2) is 9.43. The number of benzene rings is 1. The molecule has 5 rings (SSSR count). The average Bonchev–Trinajstić information content (AvgIpc) is 3.47. The maximum atomic E-state index is 11.9. The minimum absolute atomic E-state index is 0.179. The summed E-state index contributed by atoms with van der Waals surface area (Å²) in [5, 5.41) is 26.6. The summed E-state index contributed by atoms with van der Waals surface area (Å²) < 4.78 is 7.01. The van der Waals surface area contributed by atoms with Gasteiger partial charge in [-0.1, -0.05) is 12.1 Å². The topological polar surface area (TPSA) is 137 Å². The van der Waals surface area contributed by atoms with E-state index in [1.165, 1.54) is 6.20 Å². The van der Waals surface area contributed by atoms with Crippen molar-refractivity contribution >= 4 is 22.8 Å². The fraction of sp³-hybridized carbons (Fsp3) is 0.375. The van der Waals surface area contributed by atoms with Crippen LogP contribution in [0.5, 0.6) is 0 Å². The number of primary amides is 1. The van der Waals surface area contributed by atoms with Crippen molar-refractivity contribution in [2.45, 2.75) is 25.8 Å². The van der Waals surface area contributed by atoms with E-state index in [0.29, 0.717) is 36.0 Å². The van der Waals surface area contributed by atoms with Crippen molar-refractivity contribution in [3.8, 4) is 11.4 Å². The first-order valence-corrected chi connectivity index (χ1v) is 11.5. The van der Waals surface area contributed by atoms with Gasteiger partial charge in [-0.25, -0.2) is 4.52 Å². The Bertz CT molecular complexity index is 1360. The number of aliphatic hydroxyl groups is 1. The van der Waals surface area contributed by atoms with Gasteiger partial charge in [-0.05, 0) is 54.7 Å². The minimum atomic E-state index is -0.523. The zero-order valence-electron chi connectivity index (χ0n) is 19.7. The predicted octanol–water partition coefficient (Wildman–Crippen LogP) is 2.12. The highest BCUT2D eigenvalue weighted by atomic mass is 16.5. The number of aryl methyl sites for hydroxylation is 1. The van der Waals surface area contributed by atoms with Crippen LogP contribution in [0.25, 0.3) is 16.9 Å². The van der Waals surface area contributed by atoms with Crippen LogP contribution in [-0.2, 0) is 4.74 Å². The molecule has 1 saturated carbocycles. The number of nitrogens with two attached hydrogens (primary N) is 1. The highest BCUT2D eigenvalue weighted by Crippen LogP contribution is 2.37. The summed E-state index contributed by atoms with van der Waals surface area (Å²) >= 11 is 0. The number of hydrogen-bond acceptors (Lipinski definition) is 8. The molecule has 0 unspecified atom stereocenters. The van der Waals surface area contributed by atoms with Crippen molar-refractivity contribution in [2.24, 2.45) is 11.7 Å². The molecule has 4 aromatic rings. The van der Waals surface area contributed by atoms with E-state index in [0.717, 1.165) is 35.3 Å². The number of fused-ring (bicyclic) bond motifs is 1. The highest BCUT2D eigenvalue weighted by Gasteiger charge is 2.32. The summed E-state index contributed by atoms with van der Waals surface area (Å²) in [6.07, 6.45) is 5.01. The molecule has 35 heavy (non-hydrogen) atoms. The lowest BCUT2D eigenvalue weighted by Crippen LogP contribution is -2.30. The third-order valence-electron chi connectivity index (χ3n) is 6.58. The van der Waals surface area contributed by atoms with Crippen LogP contribution < -0.4 is 10.6 Å². The zero-order chi connectivity index (χ0) is 24.5. The van der Waals surface area contributed by atoms with Gasteiger partial charge in [-0.15, -0.1) is 10.2 Å². The van der Waals surface area contributed by atoms with Crippen LogP contribution in [0.1, 0.15) is 34.8 Å². The van der Waals surface area contributed by atoms with Gasteiger partial charge in [0.15, 0.2) is 0 Å². The third-order valence-corrected chi connectivity index (χ3v) is 6.58. The lowest BCUT2D eigenvalue weighted by Gasteiger charge is -2.32. The van der Waals surface area contributed by atoms with Crippen LogP contribution in [0.15, 0.2) is 42.7 Å². The second-order valence-corrected chi connectivity index (χ2v) is 8.89. The number of ether oxygens (including phenoxy) is 1. The molecule has 1 aliphatic rings. The van der Waals surface area contributed by atoms with E-state index in [9.17, 15) is 9.90 Å². The van der Waals surface area contributed by atoms with Crippen molar-refractivity contribution in [1.29, 1.82) is 0 Å². The quantitative estimate of drug-likeness (QED) is 0.375. The van der Waals surface area contributed by atoms with Gasteiger partial charge >= 0.3 is 0 Å². The Morgan fingerprint density at radius 1 is 1.29 bits per heavy atom. The SMILES string of the molecule is COCCN(c1ccn2ncc(C(N)=O)c2c1)c1cc(-c2nnn(C3CC(CO)C3)n2)ccc1C. The van der Waals surface area contributed by atoms with E-state index in [-0.39, 0.29) is 12.6 Å². The molecule has 0 aliphatic heterocycles. The minimum Gasteiger partial charge on any atom is -0.396 e. The maximum absolute atomic E-state index is 11.9. The number of carbonyl (C=O) groups excluding carboxylic acids is 1. The Hall–Kier alpha value is -3.83.